The normalized spacial score (nSPS) is 21.6. The summed E-state index contributed by atoms with van der Waals surface area (Å²) in [6.45, 7) is 7.88. The summed E-state index contributed by atoms with van der Waals surface area (Å²) in [5, 5.41) is 7.44. The van der Waals surface area contributed by atoms with Gasteiger partial charge in [-0.3, -0.25) is 4.79 Å². The number of hydrogen-bond donors (Lipinski definition) is 2. The number of nitrogens with one attached hydrogen (secondary N) is 2. The van der Waals surface area contributed by atoms with Gasteiger partial charge in [-0.05, 0) is 40.2 Å². The van der Waals surface area contributed by atoms with E-state index in [2.05, 4.69) is 15.6 Å². The fraction of sp³-hybridized carbons (Fsp3) is 0.692. The van der Waals surface area contributed by atoms with Crippen molar-refractivity contribution < 1.29 is 4.79 Å². The van der Waals surface area contributed by atoms with E-state index in [0.717, 1.165) is 36.6 Å². The van der Waals surface area contributed by atoms with Gasteiger partial charge in [-0.2, -0.15) is 0 Å². The molecule has 1 aliphatic rings. The number of carbonyl (C=O) groups excluding carboxylic acids is 1. The zero-order valence-corrected chi connectivity index (χ0v) is 12.1. The lowest BCUT2D eigenvalue weighted by molar-refractivity contribution is -0.126. The van der Waals surface area contributed by atoms with Crippen molar-refractivity contribution in [2.45, 2.75) is 39.7 Å². The molecule has 1 aromatic heterocycles. The molecule has 0 bridgehead atoms. The lowest BCUT2D eigenvalue weighted by Crippen LogP contribution is -2.41. The molecule has 0 spiro atoms. The maximum absolute atomic E-state index is 12.1. The average molecular weight is 267 g/mol. The molecule has 4 nitrogen and oxygen atoms in total. The van der Waals surface area contributed by atoms with Gasteiger partial charge >= 0.3 is 0 Å². The highest BCUT2D eigenvalue weighted by atomic mass is 32.1. The van der Waals surface area contributed by atoms with Crippen LogP contribution < -0.4 is 10.6 Å². The molecule has 2 unspecified atom stereocenters. The van der Waals surface area contributed by atoms with E-state index in [1.54, 1.807) is 11.3 Å². The molecule has 1 fully saturated rings. The van der Waals surface area contributed by atoms with Crippen LogP contribution >= 0.6 is 11.3 Å². The summed E-state index contributed by atoms with van der Waals surface area (Å²) in [5.74, 6) is 0.288. The maximum atomic E-state index is 12.1. The van der Waals surface area contributed by atoms with Crippen LogP contribution in [0.25, 0.3) is 0 Å². The first-order valence-corrected chi connectivity index (χ1v) is 7.34. The summed E-state index contributed by atoms with van der Waals surface area (Å²) in [6, 6.07) is 0.0608. The van der Waals surface area contributed by atoms with Crippen molar-refractivity contribution in [1.82, 2.24) is 15.6 Å². The van der Waals surface area contributed by atoms with Gasteiger partial charge in [-0.15, -0.1) is 11.3 Å². The first-order valence-electron chi connectivity index (χ1n) is 6.53. The molecular formula is C13H21N3OS. The number of rotatable bonds is 3. The van der Waals surface area contributed by atoms with Crippen LogP contribution in [0.1, 0.15) is 41.4 Å². The molecule has 0 aromatic carbocycles. The molecular weight excluding hydrogens is 246 g/mol. The van der Waals surface area contributed by atoms with Crippen LogP contribution in [0.2, 0.25) is 0 Å². The monoisotopic (exact) mass is 267 g/mol. The minimum atomic E-state index is 0.0608. The van der Waals surface area contributed by atoms with Gasteiger partial charge < -0.3 is 10.6 Å². The van der Waals surface area contributed by atoms with Crippen molar-refractivity contribution in [2.24, 2.45) is 5.92 Å². The van der Waals surface area contributed by atoms with Crippen LogP contribution in [0.4, 0.5) is 0 Å². The number of carbonyl (C=O) groups is 1. The predicted octanol–water partition coefficient (Wildman–Crippen LogP) is 1.94. The Balaban J connectivity index is 1.96. The predicted molar refractivity (Wildman–Crippen MR) is 73.7 cm³/mol. The molecule has 0 radical (unpaired) electrons. The highest BCUT2D eigenvalue weighted by Crippen LogP contribution is 2.25. The Morgan fingerprint density at radius 2 is 2.33 bits per heavy atom. The largest absolute Gasteiger partial charge is 0.348 e. The van der Waals surface area contributed by atoms with Crippen LogP contribution in [-0.2, 0) is 4.79 Å². The summed E-state index contributed by atoms with van der Waals surface area (Å²) in [5.41, 5.74) is 1.03. The average Bonchev–Trinajstić information content (AvgIpc) is 2.69. The molecule has 100 valence electrons. The topological polar surface area (TPSA) is 54.0 Å². The molecule has 1 aliphatic heterocycles. The minimum Gasteiger partial charge on any atom is -0.348 e. The second kappa shape index (κ2) is 5.80. The molecule has 1 saturated heterocycles. The number of thiazole rings is 1. The number of aromatic nitrogens is 1. The lowest BCUT2D eigenvalue weighted by atomic mass is 9.98. The summed E-state index contributed by atoms with van der Waals surface area (Å²) in [4.78, 5) is 17.7. The highest BCUT2D eigenvalue weighted by molar-refractivity contribution is 7.11. The smallest absolute Gasteiger partial charge is 0.224 e. The van der Waals surface area contributed by atoms with Gasteiger partial charge in [-0.1, -0.05) is 0 Å². The lowest BCUT2D eigenvalue weighted by Gasteiger charge is -2.23. The number of aryl methyl sites for hydroxylation is 2. The van der Waals surface area contributed by atoms with E-state index in [1.165, 1.54) is 4.88 Å². The third-order valence-electron chi connectivity index (χ3n) is 3.36. The molecule has 2 atom stereocenters. The van der Waals surface area contributed by atoms with Crippen molar-refractivity contribution in [3.05, 3.63) is 15.6 Å². The van der Waals surface area contributed by atoms with E-state index in [1.807, 2.05) is 20.8 Å². The molecule has 5 heteroatoms. The summed E-state index contributed by atoms with van der Waals surface area (Å²) >= 11 is 1.67. The van der Waals surface area contributed by atoms with Crippen molar-refractivity contribution >= 4 is 17.2 Å². The number of hydrogen-bond acceptors (Lipinski definition) is 4. The van der Waals surface area contributed by atoms with Crippen LogP contribution in [0.3, 0.4) is 0 Å². The van der Waals surface area contributed by atoms with Gasteiger partial charge in [0.1, 0.15) is 0 Å². The third-order valence-corrected chi connectivity index (χ3v) is 4.61. The standard InChI is InChI=1S/C13H21N3OS/c1-8-12(18-10(3)15-8)9(2)16-13(17)11-5-4-6-14-7-11/h9,11,14H,4-7H2,1-3H3,(H,16,17). The number of amides is 1. The van der Waals surface area contributed by atoms with Crippen LogP contribution in [-0.4, -0.2) is 24.0 Å². The first-order chi connectivity index (χ1) is 8.58. The molecule has 2 heterocycles. The van der Waals surface area contributed by atoms with Crippen LogP contribution in [0.5, 0.6) is 0 Å². The Labute approximate surface area is 112 Å². The summed E-state index contributed by atoms with van der Waals surface area (Å²) < 4.78 is 0. The highest BCUT2D eigenvalue weighted by Gasteiger charge is 2.23. The Morgan fingerprint density at radius 3 is 2.89 bits per heavy atom. The van der Waals surface area contributed by atoms with Gasteiger partial charge in [0.05, 0.1) is 22.7 Å². The maximum Gasteiger partial charge on any atom is 0.224 e. The van der Waals surface area contributed by atoms with Crippen molar-refractivity contribution in [2.75, 3.05) is 13.1 Å². The number of piperidine rings is 1. The quantitative estimate of drug-likeness (QED) is 0.880. The molecule has 2 N–H and O–H groups in total. The molecule has 1 aromatic rings. The molecule has 18 heavy (non-hydrogen) atoms. The van der Waals surface area contributed by atoms with Crippen molar-refractivity contribution in [3.8, 4) is 0 Å². The fourth-order valence-electron chi connectivity index (χ4n) is 2.42. The van der Waals surface area contributed by atoms with Crippen molar-refractivity contribution in [1.29, 1.82) is 0 Å². The second-order valence-electron chi connectivity index (χ2n) is 4.96. The Bertz CT molecular complexity index is 424. The zero-order valence-electron chi connectivity index (χ0n) is 11.2. The fourth-order valence-corrected chi connectivity index (χ4v) is 3.35. The van der Waals surface area contributed by atoms with Gasteiger partial charge in [0.15, 0.2) is 0 Å². The summed E-state index contributed by atoms with van der Waals surface area (Å²) in [6.07, 6.45) is 2.08. The minimum absolute atomic E-state index is 0.0608. The van der Waals surface area contributed by atoms with Gasteiger partial charge in [0.25, 0.3) is 0 Å². The molecule has 2 rings (SSSR count). The second-order valence-corrected chi connectivity index (χ2v) is 6.19. The van der Waals surface area contributed by atoms with Crippen molar-refractivity contribution in [3.63, 3.8) is 0 Å². The molecule has 1 amide bonds. The van der Waals surface area contributed by atoms with E-state index in [4.69, 9.17) is 0 Å². The van der Waals surface area contributed by atoms with E-state index in [-0.39, 0.29) is 17.9 Å². The van der Waals surface area contributed by atoms with E-state index >= 15 is 0 Å². The Hall–Kier alpha value is -0.940. The van der Waals surface area contributed by atoms with Gasteiger partial charge in [-0.25, -0.2) is 4.98 Å². The van der Waals surface area contributed by atoms with Gasteiger partial charge in [0, 0.05) is 11.4 Å². The van der Waals surface area contributed by atoms with Crippen LogP contribution in [0, 0.1) is 19.8 Å². The van der Waals surface area contributed by atoms with E-state index in [0.29, 0.717) is 0 Å². The SMILES string of the molecule is Cc1nc(C)c(C(C)NC(=O)C2CCCNC2)s1. The van der Waals surface area contributed by atoms with Crippen LogP contribution in [0.15, 0.2) is 0 Å². The first kappa shape index (κ1) is 13.5. The molecule has 0 saturated carbocycles. The third kappa shape index (κ3) is 3.09. The zero-order chi connectivity index (χ0) is 13.1. The van der Waals surface area contributed by atoms with E-state index < -0.39 is 0 Å². The Kier molecular flexibility index (Phi) is 4.35. The Morgan fingerprint density at radius 1 is 1.56 bits per heavy atom. The van der Waals surface area contributed by atoms with Gasteiger partial charge in [0.2, 0.25) is 5.91 Å². The molecule has 0 aliphatic carbocycles. The number of nitrogens with zero attached hydrogens (tertiary/aromatic N) is 1. The summed E-state index contributed by atoms with van der Waals surface area (Å²) in [7, 11) is 0. The van der Waals surface area contributed by atoms with E-state index in [9.17, 15) is 4.79 Å².